The molecule has 0 N–H and O–H groups in total. The van der Waals surface area contributed by atoms with Crippen LogP contribution >= 0.6 is 0 Å². The molecule has 0 atom stereocenters. The molecule has 0 aliphatic rings. The molecule has 0 spiro atoms. The molecule has 1 aromatic heterocycles. The zero-order valence-corrected chi connectivity index (χ0v) is 19.2. The van der Waals surface area contributed by atoms with E-state index < -0.39 is 17.6 Å². The number of rotatable bonds is 9. The Morgan fingerprint density at radius 2 is 1.76 bits per heavy atom. The van der Waals surface area contributed by atoms with Gasteiger partial charge in [-0.1, -0.05) is 44.9 Å². The number of alkyl halides is 3. The van der Waals surface area contributed by atoms with Gasteiger partial charge in [0.15, 0.2) is 0 Å². The number of pyridine rings is 1. The molecule has 0 amide bonds. The van der Waals surface area contributed by atoms with Gasteiger partial charge in [0, 0.05) is 17.3 Å². The van der Waals surface area contributed by atoms with Crippen molar-refractivity contribution in [3.8, 4) is 16.9 Å². The molecule has 0 bridgehead atoms. The Labute approximate surface area is 192 Å². The predicted molar refractivity (Wildman–Crippen MR) is 123 cm³/mol. The molecular weight excluding hydrogens is 430 g/mol. The molecule has 1 heterocycles. The Balaban J connectivity index is 1.82. The van der Waals surface area contributed by atoms with Crippen molar-refractivity contribution in [2.24, 2.45) is 5.92 Å². The van der Waals surface area contributed by atoms with Gasteiger partial charge in [-0.25, -0.2) is 4.39 Å². The summed E-state index contributed by atoms with van der Waals surface area (Å²) in [6.07, 6.45) is -0.298. The molecule has 0 aliphatic carbocycles. The quantitative estimate of drug-likeness (QED) is 0.238. The molecule has 2 nitrogen and oxygen atoms in total. The number of halogens is 4. The van der Waals surface area contributed by atoms with Gasteiger partial charge in [-0.3, -0.25) is 4.98 Å². The van der Waals surface area contributed by atoms with Gasteiger partial charge >= 0.3 is 6.18 Å². The standard InChI is InChI=1S/C27H29F4NO/c1-18(2)7-4-5-10-26-24(27(29,30)31)15-21(16-32-26)20-11-12-25(28)22(14-20)17-33-23-9-6-8-19(3)13-23/h6,8-9,11-16,18H,4-5,7,10,17H2,1-3H3. The molecule has 0 saturated carbocycles. The van der Waals surface area contributed by atoms with Crippen molar-refractivity contribution in [1.82, 2.24) is 4.98 Å². The summed E-state index contributed by atoms with van der Waals surface area (Å²) in [6, 6.07) is 12.7. The van der Waals surface area contributed by atoms with Crippen molar-refractivity contribution in [3.05, 3.63) is 82.9 Å². The van der Waals surface area contributed by atoms with Crippen LogP contribution in [0.2, 0.25) is 0 Å². The Morgan fingerprint density at radius 3 is 2.45 bits per heavy atom. The van der Waals surface area contributed by atoms with Gasteiger partial charge in [-0.15, -0.1) is 0 Å². The van der Waals surface area contributed by atoms with Gasteiger partial charge < -0.3 is 4.74 Å². The Bertz CT molecular complexity index is 1080. The molecule has 6 heteroatoms. The van der Waals surface area contributed by atoms with E-state index >= 15 is 0 Å². The van der Waals surface area contributed by atoms with Crippen LogP contribution in [0.1, 0.15) is 55.5 Å². The summed E-state index contributed by atoms with van der Waals surface area (Å²) in [6.45, 7) is 6.08. The minimum atomic E-state index is -4.51. The van der Waals surface area contributed by atoms with E-state index in [1.54, 1.807) is 6.07 Å². The smallest absolute Gasteiger partial charge is 0.418 e. The summed E-state index contributed by atoms with van der Waals surface area (Å²) >= 11 is 0. The van der Waals surface area contributed by atoms with Gasteiger partial charge in [0.25, 0.3) is 0 Å². The van der Waals surface area contributed by atoms with Crippen molar-refractivity contribution in [2.45, 2.75) is 59.2 Å². The van der Waals surface area contributed by atoms with E-state index in [9.17, 15) is 17.6 Å². The lowest BCUT2D eigenvalue weighted by Crippen LogP contribution is -2.11. The molecule has 0 fully saturated rings. The number of aryl methyl sites for hydroxylation is 2. The highest BCUT2D eigenvalue weighted by molar-refractivity contribution is 5.64. The van der Waals surface area contributed by atoms with Crippen molar-refractivity contribution >= 4 is 0 Å². The number of benzene rings is 2. The minimum absolute atomic E-state index is 0.0311. The van der Waals surface area contributed by atoms with Crippen molar-refractivity contribution in [1.29, 1.82) is 0 Å². The van der Waals surface area contributed by atoms with Gasteiger partial charge in [-0.05, 0) is 67.1 Å². The van der Waals surface area contributed by atoms with E-state index in [2.05, 4.69) is 18.8 Å². The van der Waals surface area contributed by atoms with E-state index in [0.29, 0.717) is 29.2 Å². The lowest BCUT2D eigenvalue weighted by atomic mass is 9.99. The van der Waals surface area contributed by atoms with Crippen LogP contribution in [0.5, 0.6) is 5.75 Å². The second-order valence-electron chi connectivity index (χ2n) is 8.77. The lowest BCUT2D eigenvalue weighted by molar-refractivity contribution is -0.138. The van der Waals surface area contributed by atoms with E-state index in [1.807, 2.05) is 25.1 Å². The molecule has 0 saturated heterocycles. The number of ether oxygens (including phenoxy) is 1. The summed E-state index contributed by atoms with van der Waals surface area (Å²) in [5.41, 5.74) is 1.36. The van der Waals surface area contributed by atoms with Crippen LogP contribution in [-0.2, 0) is 19.2 Å². The first-order valence-corrected chi connectivity index (χ1v) is 11.2. The normalized spacial score (nSPS) is 11.8. The number of unbranched alkanes of at least 4 members (excludes halogenated alkanes) is 1. The molecule has 0 aliphatic heterocycles. The fraction of sp³-hybridized carbons (Fsp3) is 0.370. The number of nitrogens with zero attached hydrogens (tertiary/aromatic N) is 1. The zero-order chi connectivity index (χ0) is 24.0. The van der Waals surface area contributed by atoms with Crippen LogP contribution in [0.15, 0.2) is 54.7 Å². The first-order valence-electron chi connectivity index (χ1n) is 11.2. The Morgan fingerprint density at radius 1 is 0.970 bits per heavy atom. The van der Waals surface area contributed by atoms with Gasteiger partial charge in [0.05, 0.1) is 11.3 Å². The molecule has 3 aromatic rings. The van der Waals surface area contributed by atoms with Crippen LogP contribution in [0.4, 0.5) is 17.6 Å². The highest BCUT2D eigenvalue weighted by Crippen LogP contribution is 2.35. The number of hydrogen-bond donors (Lipinski definition) is 0. The first-order chi connectivity index (χ1) is 15.6. The molecule has 3 rings (SSSR count). The summed E-state index contributed by atoms with van der Waals surface area (Å²) in [4.78, 5) is 4.15. The molecule has 33 heavy (non-hydrogen) atoms. The molecule has 0 radical (unpaired) electrons. The summed E-state index contributed by atoms with van der Waals surface area (Å²) < 4.78 is 61.3. The first kappa shape index (κ1) is 24.7. The third-order valence-electron chi connectivity index (χ3n) is 5.48. The van der Waals surface area contributed by atoms with Crippen LogP contribution in [0.3, 0.4) is 0 Å². The highest BCUT2D eigenvalue weighted by atomic mass is 19.4. The highest BCUT2D eigenvalue weighted by Gasteiger charge is 2.34. The predicted octanol–water partition coefficient (Wildman–Crippen LogP) is 8.16. The maximum absolute atomic E-state index is 14.4. The third kappa shape index (κ3) is 7.04. The SMILES string of the molecule is Cc1cccc(OCc2cc(-c3cnc(CCCCC(C)C)c(C(F)(F)F)c3)ccc2F)c1. The van der Waals surface area contributed by atoms with Crippen molar-refractivity contribution in [2.75, 3.05) is 0 Å². The minimum Gasteiger partial charge on any atom is -0.489 e. The van der Waals surface area contributed by atoms with E-state index in [4.69, 9.17) is 4.74 Å². The topological polar surface area (TPSA) is 22.1 Å². The average molecular weight is 460 g/mol. The lowest BCUT2D eigenvalue weighted by Gasteiger charge is -2.15. The molecule has 0 unspecified atom stereocenters. The number of hydrogen-bond acceptors (Lipinski definition) is 2. The summed E-state index contributed by atoms with van der Waals surface area (Å²) in [5.74, 6) is 0.643. The fourth-order valence-corrected chi connectivity index (χ4v) is 3.67. The number of aromatic nitrogens is 1. The van der Waals surface area contributed by atoms with E-state index in [-0.39, 0.29) is 24.3 Å². The van der Waals surface area contributed by atoms with Crippen LogP contribution < -0.4 is 4.74 Å². The van der Waals surface area contributed by atoms with E-state index in [0.717, 1.165) is 24.5 Å². The zero-order valence-electron chi connectivity index (χ0n) is 19.2. The van der Waals surface area contributed by atoms with Crippen molar-refractivity contribution < 1.29 is 22.3 Å². The molecular formula is C27H29F4NO. The van der Waals surface area contributed by atoms with Gasteiger partial charge in [-0.2, -0.15) is 13.2 Å². The fourth-order valence-electron chi connectivity index (χ4n) is 3.67. The molecule has 176 valence electrons. The third-order valence-corrected chi connectivity index (χ3v) is 5.48. The summed E-state index contributed by atoms with van der Waals surface area (Å²) in [5, 5.41) is 0. The average Bonchev–Trinajstić information content (AvgIpc) is 2.75. The second kappa shape index (κ2) is 10.8. The van der Waals surface area contributed by atoms with E-state index in [1.165, 1.54) is 24.4 Å². The maximum atomic E-state index is 14.4. The van der Waals surface area contributed by atoms with Gasteiger partial charge in [0.2, 0.25) is 0 Å². The van der Waals surface area contributed by atoms with Crippen LogP contribution in [-0.4, -0.2) is 4.98 Å². The maximum Gasteiger partial charge on any atom is 0.418 e. The monoisotopic (exact) mass is 459 g/mol. The van der Waals surface area contributed by atoms with Gasteiger partial charge in [0.1, 0.15) is 18.2 Å². The Kier molecular flexibility index (Phi) is 8.11. The van der Waals surface area contributed by atoms with Crippen LogP contribution in [0, 0.1) is 18.7 Å². The summed E-state index contributed by atoms with van der Waals surface area (Å²) in [7, 11) is 0. The second-order valence-corrected chi connectivity index (χ2v) is 8.77. The van der Waals surface area contributed by atoms with Crippen molar-refractivity contribution in [3.63, 3.8) is 0 Å². The largest absolute Gasteiger partial charge is 0.489 e. The van der Waals surface area contributed by atoms with Crippen LogP contribution in [0.25, 0.3) is 11.1 Å². The Hall–Kier alpha value is -2.89. The molecule has 2 aromatic carbocycles.